The van der Waals surface area contributed by atoms with Crippen LogP contribution in [0.15, 0.2) is 23.4 Å². The molecule has 1 aromatic rings. The van der Waals surface area contributed by atoms with E-state index >= 15 is 0 Å². The lowest BCUT2D eigenvalue weighted by Gasteiger charge is -2.26. The molecule has 0 bridgehead atoms. The van der Waals surface area contributed by atoms with Gasteiger partial charge in [0.1, 0.15) is 0 Å². The number of ether oxygens (including phenoxy) is 1. The standard InChI is InChI=1S/C12H20N2O4S/c1-4-14(10(2)9-18-3)19(16,17)12-6-5-11(8-15)7-13-12/h5-7,10,15H,4,8-9H2,1-3H3. The average Bonchev–Trinajstić information content (AvgIpc) is 2.39. The highest BCUT2D eigenvalue weighted by molar-refractivity contribution is 7.89. The molecule has 0 saturated carbocycles. The van der Waals surface area contributed by atoms with Crippen LogP contribution < -0.4 is 0 Å². The second-order valence-corrected chi connectivity index (χ2v) is 6.01. The topological polar surface area (TPSA) is 79.7 Å². The van der Waals surface area contributed by atoms with Gasteiger partial charge in [-0.25, -0.2) is 13.4 Å². The monoisotopic (exact) mass is 288 g/mol. The molecule has 0 amide bonds. The molecule has 0 aliphatic carbocycles. The summed E-state index contributed by atoms with van der Waals surface area (Å²) in [6, 6.07) is 2.69. The van der Waals surface area contributed by atoms with Gasteiger partial charge in [0.15, 0.2) is 5.03 Å². The third-order valence-corrected chi connectivity index (χ3v) is 4.77. The third-order valence-electron chi connectivity index (χ3n) is 2.76. The lowest BCUT2D eigenvalue weighted by atomic mass is 10.3. The van der Waals surface area contributed by atoms with Gasteiger partial charge in [-0.05, 0) is 18.6 Å². The van der Waals surface area contributed by atoms with Crippen molar-refractivity contribution in [1.82, 2.24) is 9.29 Å². The van der Waals surface area contributed by atoms with E-state index in [-0.39, 0.29) is 17.7 Å². The number of methoxy groups -OCH3 is 1. The smallest absolute Gasteiger partial charge is 0.260 e. The zero-order valence-corrected chi connectivity index (χ0v) is 12.2. The fraction of sp³-hybridized carbons (Fsp3) is 0.583. The number of pyridine rings is 1. The molecule has 0 radical (unpaired) electrons. The number of hydrogen-bond acceptors (Lipinski definition) is 5. The third kappa shape index (κ3) is 3.73. The van der Waals surface area contributed by atoms with Crippen molar-refractivity contribution in [2.24, 2.45) is 0 Å². The lowest BCUT2D eigenvalue weighted by molar-refractivity contribution is 0.142. The van der Waals surface area contributed by atoms with E-state index in [1.807, 2.05) is 0 Å². The van der Waals surface area contributed by atoms with E-state index in [4.69, 9.17) is 9.84 Å². The molecule has 1 N–H and O–H groups in total. The first kappa shape index (κ1) is 16.0. The van der Waals surface area contributed by atoms with Gasteiger partial charge in [0.25, 0.3) is 10.0 Å². The summed E-state index contributed by atoms with van der Waals surface area (Å²) in [4.78, 5) is 3.90. The van der Waals surface area contributed by atoms with Crippen molar-refractivity contribution in [3.8, 4) is 0 Å². The van der Waals surface area contributed by atoms with Crippen molar-refractivity contribution < 1.29 is 18.3 Å². The molecule has 1 atom stereocenters. The van der Waals surface area contributed by atoms with E-state index in [1.54, 1.807) is 19.9 Å². The molecular formula is C12H20N2O4S. The van der Waals surface area contributed by atoms with Crippen LogP contribution in [0.1, 0.15) is 19.4 Å². The lowest BCUT2D eigenvalue weighted by Crippen LogP contribution is -2.41. The van der Waals surface area contributed by atoms with E-state index in [2.05, 4.69) is 4.98 Å². The van der Waals surface area contributed by atoms with Gasteiger partial charge >= 0.3 is 0 Å². The number of hydrogen-bond donors (Lipinski definition) is 1. The van der Waals surface area contributed by atoms with Crippen LogP contribution in [0.25, 0.3) is 0 Å². The summed E-state index contributed by atoms with van der Waals surface area (Å²) in [7, 11) is -2.10. The van der Waals surface area contributed by atoms with E-state index in [1.165, 1.54) is 23.7 Å². The minimum absolute atomic E-state index is 0.0190. The molecule has 1 unspecified atom stereocenters. The Morgan fingerprint density at radius 1 is 1.47 bits per heavy atom. The zero-order chi connectivity index (χ0) is 14.5. The average molecular weight is 288 g/mol. The molecule has 1 rings (SSSR count). The van der Waals surface area contributed by atoms with Gasteiger partial charge in [-0.15, -0.1) is 0 Å². The molecule has 6 nitrogen and oxygen atoms in total. The number of aliphatic hydroxyl groups is 1. The van der Waals surface area contributed by atoms with Crippen LogP contribution in [0.3, 0.4) is 0 Å². The highest BCUT2D eigenvalue weighted by Gasteiger charge is 2.28. The quantitative estimate of drug-likeness (QED) is 0.795. The molecule has 7 heteroatoms. The van der Waals surface area contributed by atoms with Crippen molar-refractivity contribution in [2.75, 3.05) is 20.3 Å². The number of rotatable bonds is 7. The largest absolute Gasteiger partial charge is 0.392 e. The molecule has 0 spiro atoms. The number of nitrogens with zero attached hydrogens (tertiary/aromatic N) is 2. The van der Waals surface area contributed by atoms with Crippen molar-refractivity contribution in [3.05, 3.63) is 23.9 Å². The highest BCUT2D eigenvalue weighted by Crippen LogP contribution is 2.16. The van der Waals surface area contributed by atoms with Crippen LogP contribution in [0.5, 0.6) is 0 Å². The van der Waals surface area contributed by atoms with Crippen molar-refractivity contribution in [1.29, 1.82) is 0 Å². The van der Waals surface area contributed by atoms with Gasteiger partial charge in [0.05, 0.1) is 13.2 Å². The number of aliphatic hydroxyl groups excluding tert-OH is 1. The molecule has 0 aliphatic rings. The molecule has 0 aliphatic heterocycles. The van der Waals surface area contributed by atoms with Crippen LogP contribution in [0, 0.1) is 0 Å². The maximum Gasteiger partial charge on any atom is 0.260 e. The summed E-state index contributed by atoms with van der Waals surface area (Å²) >= 11 is 0. The Balaban J connectivity index is 3.05. The Morgan fingerprint density at radius 3 is 2.58 bits per heavy atom. The predicted molar refractivity (Wildman–Crippen MR) is 71.1 cm³/mol. The molecule has 0 saturated heterocycles. The Bertz CT molecular complexity index is 487. The number of sulfonamides is 1. The first-order valence-corrected chi connectivity index (χ1v) is 7.48. The Labute approximate surface area is 114 Å². The summed E-state index contributed by atoms with van der Waals surface area (Å²) in [5, 5.41) is 8.91. The second-order valence-electron chi connectivity index (χ2n) is 4.18. The molecule has 1 heterocycles. The van der Waals surface area contributed by atoms with Crippen LogP contribution >= 0.6 is 0 Å². The first-order chi connectivity index (χ1) is 8.97. The van der Waals surface area contributed by atoms with Crippen molar-refractivity contribution in [3.63, 3.8) is 0 Å². The molecular weight excluding hydrogens is 268 g/mol. The maximum atomic E-state index is 12.4. The van der Waals surface area contributed by atoms with E-state index in [0.29, 0.717) is 18.7 Å². The molecule has 108 valence electrons. The fourth-order valence-corrected chi connectivity index (χ4v) is 3.36. The normalized spacial score (nSPS) is 13.7. The van der Waals surface area contributed by atoms with Gasteiger partial charge in [0.2, 0.25) is 0 Å². The van der Waals surface area contributed by atoms with E-state index in [0.717, 1.165) is 0 Å². The molecule has 1 aromatic heterocycles. The van der Waals surface area contributed by atoms with Crippen LogP contribution in [-0.2, 0) is 21.4 Å². The Morgan fingerprint density at radius 2 is 2.16 bits per heavy atom. The van der Waals surface area contributed by atoms with Crippen LogP contribution in [0.4, 0.5) is 0 Å². The van der Waals surface area contributed by atoms with Gasteiger partial charge in [-0.2, -0.15) is 4.31 Å². The second kappa shape index (κ2) is 6.95. The van der Waals surface area contributed by atoms with Crippen LogP contribution in [-0.4, -0.2) is 49.1 Å². The van der Waals surface area contributed by atoms with Gasteiger partial charge in [0, 0.05) is 25.9 Å². The minimum Gasteiger partial charge on any atom is -0.392 e. The first-order valence-electron chi connectivity index (χ1n) is 6.04. The van der Waals surface area contributed by atoms with Crippen molar-refractivity contribution in [2.45, 2.75) is 31.5 Å². The summed E-state index contributed by atoms with van der Waals surface area (Å²) in [6.07, 6.45) is 1.36. The zero-order valence-electron chi connectivity index (χ0n) is 11.4. The summed E-state index contributed by atoms with van der Waals surface area (Å²) in [5.74, 6) is 0. The Kier molecular flexibility index (Phi) is 5.86. The fourth-order valence-electron chi connectivity index (χ4n) is 1.82. The molecule has 0 fully saturated rings. The minimum atomic E-state index is -3.64. The van der Waals surface area contributed by atoms with Crippen LogP contribution in [0.2, 0.25) is 0 Å². The SMILES string of the molecule is CCN(C(C)COC)S(=O)(=O)c1ccc(CO)cn1. The number of likely N-dealkylation sites (N-methyl/N-ethyl adjacent to an activating group) is 1. The van der Waals surface area contributed by atoms with Gasteiger partial charge in [-0.1, -0.05) is 13.0 Å². The summed E-state index contributed by atoms with van der Waals surface area (Å²) < 4.78 is 31.2. The predicted octanol–water partition coefficient (Wildman–Crippen LogP) is 0.619. The Hall–Kier alpha value is -1.02. The molecule has 0 aromatic carbocycles. The summed E-state index contributed by atoms with van der Waals surface area (Å²) in [5.41, 5.74) is 0.576. The maximum absolute atomic E-state index is 12.4. The van der Waals surface area contributed by atoms with Crippen molar-refractivity contribution >= 4 is 10.0 Å². The highest BCUT2D eigenvalue weighted by atomic mass is 32.2. The number of aromatic nitrogens is 1. The summed E-state index contributed by atoms with van der Waals surface area (Å²) in [6.45, 7) is 4.06. The van der Waals surface area contributed by atoms with E-state index < -0.39 is 10.0 Å². The van der Waals surface area contributed by atoms with E-state index in [9.17, 15) is 8.42 Å². The molecule has 19 heavy (non-hydrogen) atoms. The van der Waals surface area contributed by atoms with Gasteiger partial charge < -0.3 is 9.84 Å². The van der Waals surface area contributed by atoms with Gasteiger partial charge in [-0.3, -0.25) is 0 Å².